The smallest absolute Gasteiger partial charge is 0.345 e. The van der Waals surface area contributed by atoms with Gasteiger partial charge in [0.05, 0.1) is 57.0 Å². The first kappa shape index (κ1) is 44.1. The van der Waals surface area contributed by atoms with Gasteiger partial charge in [-0.3, -0.25) is 4.79 Å². The molecule has 0 spiro atoms. The Hall–Kier alpha value is -3.28. The highest BCUT2D eigenvalue weighted by Gasteiger charge is 2.31. The molecule has 0 amide bonds. The zero-order valence-electron chi connectivity index (χ0n) is 29.2. The van der Waals surface area contributed by atoms with Gasteiger partial charge in [-0.1, -0.05) is 95.1 Å². The average molecular weight is 869 g/mol. The summed E-state index contributed by atoms with van der Waals surface area (Å²) < 4.78 is 27.2. The lowest BCUT2D eigenvalue weighted by molar-refractivity contribution is 0.00873. The predicted octanol–water partition coefficient (Wildman–Crippen LogP) is 11.9. The molecule has 0 saturated carbocycles. The molecule has 0 radical (unpaired) electrons. The Morgan fingerprint density at radius 2 is 0.981 bits per heavy atom. The van der Waals surface area contributed by atoms with E-state index in [0.717, 1.165) is 18.4 Å². The third-order valence-corrected chi connectivity index (χ3v) is 9.51. The summed E-state index contributed by atoms with van der Waals surface area (Å²) in [6.07, 6.45) is -0.125. The van der Waals surface area contributed by atoms with Crippen molar-refractivity contribution in [2.45, 2.75) is 46.1 Å². The van der Waals surface area contributed by atoms with E-state index < -0.39 is 29.6 Å². The van der Waals surface area contributed by atoms with Gasteiger partial charge in [0.2, 0.25) is 0 Å². The Morgan fingerprint density at radius 1 is 0.604 bits per heavy atom. The lowest BCUT2D eigenvalue weighted by Crippen LogP contribution is -2.45. The summed E-state index contributed by atoms with van der Waals surface area (Å²) in [5.41, 5.74) is 1.76. The van der Waals surface area contributed by atoms with Crippen molar-refractivity contribution in [3.8, 4) is 17.2 Å². The zero-order chi connectivity index (χ0) is 39.6. The number of nitrogens with zero attached hydrogens (tertiary/aromatic N) is 1. The molecule has 2 unspecified atom stereocenters. The molecule has 9 nitrogen and oxygen atoms in total. The summed E-state index contributed by atoms with van der Waals surface area (Å²) >= 11 is 41.8. The second-order valence-electron chi connectivity index (χ2n) is 10.9. The van der Waals surface area contributed by atoms with E-state index in [1.165, 1.54) is 57.7 Å². The number of esters is 2. The first-order chi connectivity index (χ1) is 25.1. The van der Waals surface area contributed by atoms with Crippen molar-refractivity contribution in [3.63, 3.8) is 0 Å². The third-order valence-electron chi connectivity index (χ3n) is 7.48. The Labute approximate surface area is 342 Å². The number of hydrogen-bond acceptors (Lipinski definition) is 9. The first-order valence-corrected chi connectivity index (χ1v) is 18.3. The van der Waals surface area contributed by atoms with Gasteiger partial charge in [0.15, 0.2) is 29.7 Å². The molecular weight excluding hydrogens is 835 g/mol. The molecule has 0 heterocycles. The number of carbonyl (C=O) groups is 3. The van der Waals surface area contributed by atoms with E-state index in [9.17, 15) is 14.4 Å². The molecule has 4 rings (SSSR count). The van der Waals surface area contributed by atoms with Gasteiger partial charge in [0.25, 0.3) is 5.24 Å². The SMILES string of the molecule is CCCc1cccc(N(C(C)OC(=O)c2c(Cl)ccc(Cl)c2OC)C(C)OC(=O)c2c(Cl)ccc(Cl)c2OC)c1.COc1c(Cl)ccc(Cl)c1C(=O)Cl. The number of carbonyl (C=O) groups excluding carboxylic acids is 3. The summed E-state index contributed by atoms with van der Waals surface area (Å²) in [7, 11) is 4.14. The highest BCUT2D eigenvalue weighted by atomic mass is 35.5. The van der Waals surface area contributed by atoms with Crippen molar-refractivity contribution in [1.29, 1.82) is 0 Å². The third kappa shape index (κ3) is 10.9. The summed E-state index contributed by atoms with van der Waals surface area (Å²) in [5, 5.41) is 0.450. The number of halogens is 7. The summed E-state index contributed by atoms with van der Waals surface area (Å²) in [5.74, 6) is -1.17. The minimum Gasteiger partial charge on any atom is -0.494 e. The predicted molar refractivity (Wildman–Crippen MR) is 212 cm³/mol. The topological polar surface area (TPSA) is 101 Å². The van der Waals surface area contributed by atoms with Crippen LogP contribution in [0.4, 0.5) is 5.69 Å². The highest BCUT2D eigenvalue weighted by Crippen LogP contribution is 2.37. The van der Waals surface area contributed by atoms with Crippen LogP contribution < -0.4 is 19.1 Å². The number of ether oxygens (including phenoxy) is 5. The van der Waals surface area contributed by atoms with Crippen LogP contribution in [0.2, 0.25) is 30.1 Å². The van der Waals surface area contributed by atoms with Gasteiger partial charge in [-0.15, -0.1) is 0 Å². The van der Waals surface area contributed by atoms with Crippen LogP contribution >= 0.6 is 81.2 Å². The maximum Gasteiger partial charge on any atom is 0.345 e. The molecule has 284 valence electrons. The molecule has 4 aromatic rings. The fraction of sp³-hybridized carbons (Fsp3) is 0.270. The van der Waals surface area contributed by atoms with E-state index in [0.29, 0.717) is 10.7 Å². The van der Waals surface area contributed by atoms with E-state index in [2.05, 4.69) is 6.92 Å². The molecule has 0 bridgehead atoms. The molecule has 0 N–H and O–H groups in total. The van der Waals surface area contributed by atoms with Crippen molar-refractivity contribution in [3.05, 3.63) is 113 Å². The minimum absolute atomic E-state index is 0.0247. The van der Waals surface area contributed by atoms with E-state index in [1.54, 1.807) is 18.7 Å². The molecule has 4 aromatic carbocycles. The lowest BCUT2D eigenvalue weighted by atomic mass is 10.1. The monoisotopic (exact) mass is 865 g/mol. The van der Waals surface area contributed by atoms with Gasteiger partial charge >= 0.3 is 11.9 Å². The second kappa shape index (κ2) is 20.4. The number of benzene rings is 4. The van der Waals surface area contributed by atoms with E-state index >= 15 is 0 Å². The van der Waals surface area contributed by atoms with Crippen molar-refractivity contribution in [2.24, 2.45) is 0 Å². The standard InChI is InChI=1S/C29H29Cl4NO6.C8H5Cl3O2/c1-6-8-18-9-7-10-19(15-18)34(16(2)39-28(35)24-20(30)11-13-22(32)26(24)37-4)17(3)40-29(36)25-21(31)12-14-23(33)27(25)38-5;1-13-7-5(10)3-2-4(9)6(7)8(11)12/h7,9-17H,6,8H2,1-5H3;2-3H,1H3. The van der Waals surface area contributed by atoms with Gasteiger partial charge in [-0.25, -0.2) is 9.59 Å². The van der Waals surface area contributed by atoms with Gasteiger partial charge in [-0.05, 0) is 86.0 Å². The normalized spacial score (nSPS) is 11.7. The quantitative estimate of drug-likeness (QED) is 0.0738. The second-order valence-corrected chi connectivity index (χ2v) is 13.7. The molecule has 16 heteroatoms. The van der Waals surface area contributed by atoms with Crippen LogP contribution in [0.15, 0.2) is 60.7 Å². The van der Waals surface area contributed by atoms with Crippen LogP contribution in [-0.2, 0) is 15.9 Å². The van der Waals surface area contributed by atoms with Crippen LogP contribution in [0, 0.1) is 0 Å². The maximum absolute atomic E-state index is 13.3. The average Bonchev–Trinajstić information content (AvgIpc) is 3.11. The fourth-order valence-electron chi connectivity index (χ4n) is 5.18. The van der Waals surface area contributed by atoms with Gasteiger partial charge < -0.3 is 28.6 Å². The first-order valence-electron chi connectivity index (χ1n) is 15.7. The molecule has 0 aliphatic carbocycles. The Morgan fingerprint density at radius 3 is 1.34 bits per heavy atom. The van der Waals surface area contributed by atoms with Crippen molar-refractivity contribution in [1.82, 2.24) is 0 Å². The van der Waals surface area contributed by atoms with E-state index in [1.807, 2.05) is 24.3 Å². The Balaban J connectivity index is 0.000000489. The molecule has 0 aromatic heterocycles. The van der Waals surface area contributed by atoms with Gasteiger partial charge in [0, 0.05) is 5.69 Å². The minimum atomic E-state index is -0.941. The van der Waals surface area contributed by atoms with Crippen molar-refractivity contribution in [2.75, 3.05) is 26.2 Å². The van der Waals surface area contributed by atoms with Crippen molar-refractivity contribution >= 4 is 104 Å². The fourth-order valence-corrected chi connectivity index (χ4v) is 6.81. The van der Waals surface area contributed by atoms with Gasteiger partial charge in [0.1, 0.15) is 11.1 Å². The highest BCUT2D eigenvalue weighted by molar-refractivity contribution is 6.69. The zero-order valence-corrected chi connectivity index (χ0v) is 34.5. The van der Waals surface area contributed by atoms with Crippen LogP contribution in [0.5, 0.6) is 17.2 Å². The summed E-state index contributed by atoms with van der Waals surface area (Å²) in [6.45, 7) is 5.36. The largest absolute Gasteiger partial charge is 0.494 e. The molecule has 2 atom stereocenters. The van der Waals surface area contributed by atoms with Crippen molar-refractivity contribution < 1.29 is 38.1 Å². The van der Waals surface area contributed by atoms with Crippen LogP contribution in [0.25, 0.3) is 0 Å². The molecular formula is C37H34Cl7NO8. The number of methoxy groups -OCH3 is 3. The molecule has 53 heavy (non-hydrogen) atoms. The van der Waals surface area contributed by atoms with Crippen LogP contribution in [0.3, 0.4) is 0 Å². The number of aryl methyl sites for hydroxylation is 1. The van der Waals surface area contributed by atoms with Crippen LogP contribution in [0.1, 0.15) is 63.8 Å². The molecule has 0 saturated heterocycles. The molecule has 0 aliphatic rings. The summed E-state index contributed by atoms with van der Waals surface area (Å²) in [6, 6.07) is 16.7. The number of hydrogen-bond donors (Lipinski definition) is 0. The number of rotatable bonds is 13. The molecule has 0 fully saturated rings. The van der Waals surface area contributed by atoms with Gasteiger partial charge in [-0.2, -0.15) is 0 Å². The summed E-state index contributed by atoms with van der Waals surface area (Å²) in [4.78, 5) is 39.2. The lowest BCUT2D eigenvalue weighted by Gasteiger charge is -2.35. The number of anilines is 1. The Bertz CT molecular complexity index is 1880. The maximum atomic E-state index is 13.3. The molecule has 0 aliphatic heterocycles. The van der Waals surface area contributed by atoms with Crippen LogP contribution in [-0.4, -0.2) is 51.0 Å². The Kier molecular flexibility index (Phi) is 17.0. The van der Waals surface area contributed by atoms with E-state index in [-0.39, 0.29) is 59.1 Å². The van der Waals surface area contributed by atoms with E-state index in [4.69, 9.17) is 105 Å².